The van der Waals surface area contributed by atoms with Gasteiger partial charge in [0, 0.05) is 11.6 Å². The molecule has 0 unspecified atom stereocenters. The second-order valence-corrected chi connectivity index (χ2v) is 10.5. The van der Waals surface area contributed by atoms with Crippen molar-refractivity contribution in [3.63, 3.8) is 0 Å². The van der Waals surface area contributed by atoms with Gasteiger partial charge >= 0.3 is 0 Å². The predicted molar refractivity (Wildman–Crippen MR) is 151 cm³/mol. The maximum atomic E-state index is 13.1. The van der Waals surface area contributed by atoms with Gasteiger partial charge in [-0.15, -0.1) is 0 Å². The summed E-state index contributed by atoms with van der Waals surface area (Å²) in [6.07, 6.45) is 1.74. The van der Waals surface area contributed by atoms with E-state index >= 15 is 0 Å². The highest BCUT2D eigenvalue weighted by Gasteiger charge is 2.22. The van der Waals surface area contributed by atoms with Gasteiger partial charge in [0.25, 0.3) is 5.91 Å². The Balaban J connectivity index is 1.17. The maximum absolute atomic E-state index is 13.1. The SMILES string of the molecule is CC(C)(c1ccccc1)c1ccc(OCc2ccc(C(=O)Nc3nn(Cc4ccc(F)cc4)cc3Br)o2)cc1. The molecule has 5 aromatic rings. The molecule has 0 bridgehead atoms. The van der Waals surface area contributed by atoms with E-state index in [-0.39, 0.29) is 23.6 Å². The lowest BCUT2D eigenvalue weighted by molar-refractivity contribution is 0.0992. The van der Waals surface area contributed by atoms with Gasteiger partial charge in [-0.1, -0.05) is 68.4 Å². The lowest BCUT2D eigenvalue weighted by Crippen LogP contribution is -2.18. The van der Waals surface area contributed by atoms with Crippen LogP contribution in [0, 0.1) is 5.82 Å². The molecule has 1 amide bonds. The van der Waals surface area contributed by atoms with Gasteiger partial charge in [0.2, 0.25) is 0 Å². The molecule has 2 aromatic heterocycles. The zero-order valence-electron chi connectivity index (χ0n) is 21.5. The smallest absolute Gasteiger partial charge is 0.292 e. The fourth-order valence-corrected chi connectivity index (χ4v) is 4.64. The highest BCUT2D eigenvalue weighted by atomic mass is 79.9. The summed E-state index contributed by atoms with van der Waals surface area (Å²) in [7, 11) is 0. The van der Waals surface area contributed by atoms with Crippen LogP contribution in [0.15, 0.2) is 106 Å². The van der Waals surface area contributed by atoms with Crippen molar-refractivity contribution in [2.45, 2.75) is 32.4 Å². The van der Waals surface area contributed by atoms with Crippen LogP contribution in [0.1, 0.15) is 46.9 Å². The summed E-state index contributed by atoms with van der Waals surface area (Å²) in [5.74, 6) is 1.01. The normalized spacial score (nSPS) is 11.4. The molecule has 0 spiro atoms. The number of hydrogen-bond donors (Lipinski definition) is 1. The number of aromatic nitrogens is 2. The fraction of sp³-hybridized carbons (Fsp3) is 0.161. The number of rotatable bonds is 9. The standard InChI is InChI=1S/C31H27BrFN3O3/c1-31(2,22-6-4-3-5-7-22)23-10-14-25(15-11-23)38-20-26-16-17-28(39-26)30(37)34-29-27(32)19-36(35-29)18-21-8-12-24(33)13-9-21/h3-17,19H,18,20H2,1-2H3,(H,34,35,37). The molecule has 0 radical (unpaired) electrons. The molecule has 3 aromatic carbocycles. The molecule has 2 heterocycles. The van der Waals surface area contributed by atoms with Crippen LogP contribution in [0.25, 0.3) is 0 Å². The molecule has 5 rings (SSSR count). The number of benzene rings is 3. The van der Waals surface area contributed by atoms with Crippen LogP contribution in [0.2, 0.25) is 0 Å². The van der Waals surface area contributed by atoms with Crippen LogP contribution >= 0.6 is 15.9 Å². The summed E-state index contributed by atoms with van der Waals surface area (Å²) < 4.78 is 27.0. The fourth-order valence-electron chi connectivity index (χ4n) is 4.23. The number of ether oxygens (including phenoxy) is 1. The number of nitrogens with zero attached hydrogens (tertiary/aromatic N) is 2. The minimum absolute atomic E-state index is 0.130. The summed E-state index contributed by atoms with van der Waals surface area (Å²) in [5.41, 5.74) is 3.18. The second-order valence-electron chi connectivity index (χ2n) is 9.67. The number of nitrogens with one attached hydrogen (secondary N) is 1. The molecule has 198 valence electrons. The molecule has 0 aliphatic rings. The van der Waals surface area contributed by atoms with Crippen LogP contribution in [0.3, 0.4) is 0 Å². The monoisotopic (exact) mass is 587 g/mol. The number of carbonyl (C=O) groups is 1. The first kappa shape index (κ1) is 26.4. The molecule has 0 fully saturated rings. The molecule has 0 atom stereocenters. The van der Waals surface area contributed by atoms with Crippen molar-refractivity contribution < 1.29 is 18.3 Å². The average molecular weight is 588 g/mol. The van der Waals surface area contributed by atoms with Gasteiger partial charge in [-0.2, -0.15) is 5.10 Å². The number of amides is 1. The first-order valence-electron chi connectivity index (χ1n) is 12.4. The molecule has 39 heavy (non-hydrogen) atoms. The predicted octanol–water partition coefficient (Wildman–Crippen LogP) is 7.58. The highest BCUT2D eigenvalue weighted by molar-refractivity contribution is 9.10. The van der Waals surface area contributed by atoms with Gasteiger partial charge in [0.1, 0.15) is 23.9 Å². The van der Waals surface area contributed by atoms with Crippen LogP contribution in [-0.2, 0) is 18.6 Å². The number of halogens is 2. The summed E-state index contributed by atoms with van der Waals surface area (Å²) in [6, 6.07) is 27.9. The van der Waals surface area contributed by atoms with E-state index in [1.54, 1.807) is 35.1 Å². The molecule has 6 nitrogen and oxygen atoms in total. The van der Waals surface area contributed by atoms with Crippen molar-refractivity contribution in [1.82, 2.24) is 9.78 Å². The third-order valence-corrected chi connectivity index (χ3v) is 7.13. The molecule has 1 N–H and O–H groups in total. The molecular weight excluding hydrogens is 561 g/mol. The van der Waals surface area contributed by atoms with Crippen LogP contribution in [-0.4, -0.2) is 15.7 Å². The quantitative estimate of drug-likeness (QED) is 0.193. The molecule has 0 aliphatic heterocycles. The van der Waals surface area contributed by atoms with Gasteiger partial charge in [-0.3, -0.25) is 9.48 Å². The third-order valence-electron chi connectivity index (χ3n) is 6.54. The van der Waals surface area contributed by atoms with E-state index in [4.69, 9.17) is 9.15 Å². The van der Waals surface area contributed by atoms with Gasteiger partial charge in [0.05, 0.1) is 11.0 Å². The van der Waals surface area contributed by atoms with Crippen molar-refractivity contribution in [2.75, 3.05) is 5.32 Å². The lowest BCUT2D eigenvalue weighted by Gasteiger charge is -2.26. The topological polar surface area (TPSA) is 69.3 Å². The third kappa shape index (κ3) is 6.29. The molecule has 0 saturated heterocycles. The van der Waals surface area contributed by atoms with E-state index in [2.05, 4.69) is 64.5 Å². The Labute approximate surface area is 234 Å². The number of furan rings is 1. The Hall–Kier alpha value is -4.17. The van der Waals surface area contributed by atoms with Crippen LogP contribution < -0.4 is 10.1 Å². The zero-order chi connectivity index (χ0) is 27.4. The van der Waals surface area contributed by atoms with Crippen molar-refractivity contribution in [3.8, 4) is 5.75 Å². The van der Waals surface area contributed by atoms with E-state index in [1.165, 1.54) is 23.3 Å². The summed E-state index contributed by atoms with van der Waals surface area (Å²) in [4.78, 5) is 12.7. The van der Waals surface area contributed by atoms with E-state index in [9.17, 15) is 9.18 Å². The zero-order valence-corrected chi connectivity index (χ0v) is 23.1. The van der Waals surface area contributed by atoms with Gasteiger partial charge in [-0.05, 0) is 69.0 Å². The minimum Gasteiger partial charge on any atom is -0.486 e. The Bertz CT molecular complexity index is 1560. The Morgan fingerprint density at radius 3 is 2.38 bits per heavy atom. The van der Waals surface area contributed by atoms with Gasteiger partial charge < -0.3 is 14.5 Å². The Kier molecular flexibility index (Phi) is 7.65. The number of carbonyl (C=O) groups excluding carboxylic acids is 1. The Morgan fingerprint density at radius 2 is 1.67 bits per heavy atom. The van der Waals surface area contributed by atoms with E-state index in [1.807, 2.05) is 30.3 Å². The lowest BCUT2D eigenvalue weighted by atomic mass is 9.78. The first-order chi connectivity index (χ1) is 18.8. The van der Waals surface area contributed by atoms with Crippen molar-refractivity contribution >= 4 is 27.7 Å². The molecule has 8 heteroatoms. The summed E-state index contributed by atoms with van der Waals surface area (Å²) in [5, 5.41) is 7.15. The van der Waals surface area contributed by atoms with Gasteiger partial charge in [0.15, 0.2) is 11.6 Å². The minimum atomic E-state index is -0.429. The van der Waals surface area contributed by atoms with Gasteiger partial charge in [-0.25, -0.2) is 4.39 Å². The van der Waals surface area contributed by atoms with E-state index in [0.717, 1.165) is 5.56 Å². The molecule has 0 aliphatic carbocycles. The molecular formula is C31H27BrFN3O3. The summed E-state index contributed by atoms with van der Waals surface area (Å²) in [6.45, 7) is 5.01. The van der Waals surface area contributed by atoms with Crippen molar-refractivity contribution in [1.29, 1.82) is 0 Å². The summed E-state index contributed by atoms with van der Waals surface area (Å²) >= 11 is 3.42. The highest BCUT2D eigenvalue weighted by Crippen LogP contribution is 2.32. The van der Waals surface area contributed by atoms with Crippen LogP contribution in [0.4, 0.5) is 10.2 Å². The van der Waals surface area contributed by atoms with Crippen molar-refractivity contribution in [3.05, 3.63) is 136 Å². The van der Waals surface area contributed by atoms with Crippen LogP contribution in [0.5, 0.6) is 5.75 Å². The maximum Gasteiger partial charge on any atom is 0.292 e. The van der Waals surface area contributed by atoms with Crippen molar-refractivity contribution in [2.24, 2.45) is 0 Å². The number of anilines is 1. The largest absolute Gasteiger partial charge is 0.486 e. The van der Waals surface area contributed by atoms with E-state index < -0.39 is 5.91 Å². The second kappa shape index (κ2) is 11.3. The Morgan fingerprint density at radius 1 is 0.974 bits per heavy atom. The first-order valence-corrected chi connectivity index (χ1v) is 13.2. The molecule has 0 saturated carbocycles. The number of hydrogen-bond acceptors (Lipinski definition) is 4. The average Bonchev–Trinajstić information content (AvgIpc) is 3.56. The van der Waals surface area contributed by atoms with E-state index in [0.29, 0.717) is 28.3 Å².